The van der Waals surface area contributed by atoms with E-state index in [1.165, 1.54) is 30.6 Å². The lowest BCUT2D eigenvalue weighted by Gasteiger charge is -2.35. The Balaban J connectivity index is 1.35. The number of piperidine rings is 1. The summed E-state index contributed by atoms with van der Waals surface area (Å²) >= 11 is 1.71. The molecule has 0 radical (unpaired) electrons. The number of anilines is 3. The number of carbonyl (C=O) groups excluding carboxylic acids is 1. The molecule has 0 unspecified atom stereocenters. The van der Waals surface area contributed by atoms with Crippen molar-refractivity contribution < 1.29 is 9.53 Å². The van der Waals surface area contributed by atoms with Gasteiger partial charge in [-0.3, -0.25) is 4.79 Å². The van der Waals surface area contributed by atoms with Crippen LogP contribution in [-0.4, -0.2) is 56.5 Å². The molecule has 3 heterocycles. The molecule has 1 spiro atoms. The Bertz CT molecular complexity index is 946. The van der Waals surface area contributed by atoms with Crippen molar-refractivity contribution in [2.75, 3.05) is 60.8 Å². The molecule has 1 aromatic carbocycles. The maximum absolute atomic E-state index is 13.3. The van der Waals surface area contributed by atoms with E-state index in [1.54, 1.807) is 11.8 Å². The molecule has 2 aliphatic heterocycles. The number of aromatic nitrogens is 1. The number of thioether (sulfide) groups is 1. The van der Waals surface area contributed by atoms with E-state index < -0.39 is 0 Å². The molecule has 2 saturated heterocycles. The van der Waals surface area contributed by atoms with E-state index in [0.29, 0.717) is 24.4 Å². The lowest BCUT2D eigenvalue weighted by atomic mass is 9.93. The summed E-state index contributed by atoms with van der Waals surface area (Å²) in [6.07, 6.45) is 7.31. The van der Waals surface area contributed by atoms with Crippen molar-refractivity contribution in [2.45, 2.75) is 30.6 Å². The van der Waals surface area contributed by atoms with Gasteiger partial charge in [0.15, 0.2) is 0 Å². The van der Waals surface area contributed by atoms with Crippen LogP contribution in [0, 0.1) is 5.41 Å². The van der Waals surface area contributed by atoms with E-state index in [1.807, 2.05) is 30.3 Å². The third kappa shape index (κ3) is 4.53. The molecular formula is C24H30N4O2S. The normalized spacial score (nSPS) is 20.0. The number of nitrogens with one attached hydrogen (secondary N) is 1. The van der Waals surface area contributed by atoms with E-state index >= 15 is 0 Å². The molecule has 0 bridgehead atoms. The van der Waals surface area contributed by atoms with E-state index in [2.05, 4.69) is 32.4 Å². The highest BCUT2D eigenvalue weighted by Crippen LogP contribution is 2.54. The van der Waals surface area contributed by atoms with Crippen LogP contribution in [0.2, 0.25) is 0 Å². The number of ether oxygens (including phenoxy) is 1. The molecule has 1 saturated carbocycles. The summed E-state index contributed by atoms with van der Waals surface area (Å²) in [4.78, 5) is 23.8. The lowest BCUT2D eigenvalue weighted by Crippen LogP contribution is -2.37. The van der Waals surface area contributed by atoms with Crippen LogP contribution in [0.4, 0.5) is 17.3 Å². The van der Waals surface area contributed by atoms with Crippen LogP contribution < -0.4 is 15.1 Å². The number of carbonyl (C=O) groups is 1. The van der Waals surface area contributed by atoms with Gasteiger partial charge in [0.2, 0.25) is 0 Å². The highest BCUT2D eigenvalue weighted by Gasteiger charge is 2.44. The first-order valence-electron chi connectivity index (χ1n) is 11.2. The predicted octanol–water partition coefficient (Wildman–Crippen LogP) is 4.27. The Kier molecular flexibility index (Phi) is 5.80. The third-order valence-corrected chi connectivity index (χ3v) is 7.61. The summed E-state index contributed by atoms with van der Waals surface area (Å²) in [5, 5.41) is 3.04. The second-order valence-electron chi connectivity index (χ2n) is 8.80. The van der Waals surface area contributed by atoms with E-state index in [0.717, 1.165) is 43.2 Å². The van der Waals surface area contributed by atoms with Gasteiger partial charge in [-0.05, 0) is 67.7 Å². The van der Waals surface area contributed by atoms with Gasteiger partial charge in [0.1, 0.15) is 11.6 Å². The van der Waals surface area contributed by atoms with Gasteiger partial charge >= 0.3 is 0 Å². The average molecular weight is 439 g/mol. The van der Waals surface area contributed by atoms with Crippen molar-refractivity contribution in [1.29, 1.82) is 0 Å². The summed E-state index contributed by atoms with van der Waals surface area (Å²) in [5.41, 5.74) is 2.38. The molecule has 31 heavy (non-hydrogen) atoms. The third-order valence-electron chi connectivity index (χ3n) is 6.88. The molecule has 0 atom stereocenters. The number of morpholine rings is 1. The first-order chi connectivity index (χ1) is 15.2. The molecule has 1 amide bonds. The molecule has 2 aromatic rings. The van der Waals surface area contributed by atoms with Crippen molar-refractivity contribution in [3.63, 3.8) is 0 Å². The molecule has 7 heteroatoms. The first-order valence-corrected chi connectivity index (χ1v) is 12.4. The molecular weight excluding hydrogens is 408 g/mol. The number of nitrogens with zero attached hydrogens (tertiary/aromatic N) is 3. The van der Waals surface area contributed by atoms with Crippen LogP contribution in [0.5, 0.6) is 0 Å². The number of benzene rings is 1. The first kappa shape index (κ1) is 20.6. The van der Waals surface area contributed by atoms with E-state index in [-0.39, 0.29) is 5.91 Å². The second-order valence-corrected chi connectivity index (χ2v) is 9.68. The molecule has 5 rings (SSSR count). The number of hydrogen-bond acceptors (Lipinski definition) is 6. The van der Waals surface area contributed by atoms with E-state index in [4.69, 9.17) is 4.74 Å². The zero-order valence-corrected chi connectivity index (χ0v) is 18.9. The Morgan fingerprint density at radius 1 is 1.03 bits per heavy atom. The van der Waals surface area contributed by atoms with Crippen LogP contribution in [0.15, 0.2) is 41.3 Å². The number of amides is 1. The van der Waals surface area contributed by atoms with Gasteiger partial charge in [-0.25, -0.2) is 4.98 Å². The molecule has 6 nitrogen and oxygen atoms in total. The summed E-state index contributed by atoms with van der Waals surface area (Å²) in [6.45, 7) is 5.12. The minimum absolute atomic E-state index is 0.0963. The molecule has 164 valence electrons. The second kappa shape index (κ2) is 8.71. The summed E-state index contributed by atoms with van der Waals surface area (Å²) in [6, 6.07) is 12.0. The molecule has 3 aliphatic rings. The van der Waals surface area contributed by atoms with Crippen LogP contribution >= 0.6 is 11.8 Å². The van der Waals surface area contributed by atoms with Gasteiger partial charge in [-0.1, -0.05) is 6.07 Å². The fraction of sp³-hybridized carbons (Fsp3) is 0.500. The minimum Gasteiger partial charge on any atom is -0.378 e. The summed E-state index contributed by atoms with van der Waals surface area (Å²) < 4.78 is 5.43. The smallest absolute Gasteiger partial charge is 0.258 e. The highest BCUT2D eigenvalue weighted by atomic mass is 32.2. The molecule has 1 N–H and O–H groups in total. The monoisotopic (exact) mass is 438 g/mol. The van der Waals surface area contributed by atoms with Gasteiger partial charge in [0, 0.05) is 31.1 Å². The topological polar surface area (TPSA) is 57.7 Å². The molecule has 1 aromatic heterocycles. The fourth-order valence-electron chi connectivity index (χ4n) is 4.64. The van der Waals surface area contributed by atoms with Gasteiger partial charge in [0.25, 0.3) is 5.91 Å². The molecule has 1 aliphatic carbocycles. The van der Waals surface area contributed by atoms with Crippen molar-refractivity contribution >= 4 is 35.0 Å². The van der Waals surface area contributed by atoms with Gasteiger partial charge in [-0.2, -0.15) is 0 Å². The van der Waals surface area contributed by atoms with Crippen LogP contribution in [0.3, 0.4) is 0 Å². The van der Waals surface area contributed by atoms with Crippen molar-refractivity contribution in [1.82, 2.24) is 4.98 Å². The van der Waals surface area contributed by atoms with Crippen molar-refractivity contribution in [3.05, 3.63) is 42.0 Å². The van der Waals surface area contributed by atoms with Crippen molar-refractivity contribution in [3.8, 4) is 0 Å². The Hall–Kier alpha value is -2.25. The zero-order chi connectivity index (χ0) is 21.3. The number of pyridine rings is 1. The number of hydrogen-bond donors (Lipinski definition) is 1. The number of rotatable bonds is 5. The van der Waals surface area contributed by atoms with E-state index in [9.17, 15) is 4.79 Å². The predicted molar refractivity (Wildman–Crippen MR) is 127 cm³/mol. The van der Waals surface area contributed by atoms with Crippen LogP contribution in [-0.2, 0) is 4.74 Å². The summed E-state index contributed by atoms with van der Waals surface area (Å²) in [5.74, 6) is 1.37. The largest absolute Gasteiger partial charge is 0.378 e. The minimum atomic E-state index is -0.0963. The van der Waals surface area contributed by atoms with Crippen LogP contribution in [0.25, 0.3) is 0 Å². The zero-order valence-electron chi connectivity index (χ0n) is 18.1. The fourth-order valence-corrected chi connectivity index (χ4v) is 5.07. The quantitative estimate of drug-likeness (QED) is 0.704. The highest BCUT2D eigenvalue weighted by molar-refractivity contribution is 7.98. The van der Waals surface area contributed by atoms with Crippen LogP contribution in [0.1, 0.15) is 36.0 Å². The standard InChI is InChI=1S/C24H30N4O2S/c1-31-18-5-6-19(20(17-18)27-11-9-24(7-8-24)10-12-27)23(29)26-21-3-2-4-22(25-21)28-13-15-30-16-14-28/h2-6,17H,7-16H2,1H3,(H,25,26,29). The van der Waals surface area contributed by atoms with Gasteiger partial charge in [0.05, 0.1) is 24.5 Å². The Morgan fingerprint density at radius 3 is 2.52 bits per heavy atom. The SMILES string of the molecule is CSc1ccc(C(=O)Nc2cccc(N3CCOCC3)n2)c(N2CCC3(CC2)CC3)c1. The van der Waals surface area contributed by atoms with Crippen molar-refractivity contribution in [2.24, 2.45) is 5.41 Å². The van der Waals surface area contributed by atoms with Gasteiger partial charge in [-0.15, -0.1) is 11.8 Å². The maximum atomic E-state index is 13.3. The van der Waals surface area contributed by atoms with Gasteiger partial charge < -0.3 is 19.9 Å². The molecule has 3 fully saturated rings. The average Bonchev–Trinajstić information content (AvgIpc) is 3.58. The Morgan fingerprint density at radius 2 is 1.81 bits per heavy atom. The Labute approximate surface area is 188 Å². The summed E-state index contributed by atoms with van der Waals surface area (Å²) in [7, 11) is 0. The maximum Gasteiger partial charge on any atom is 0.258 e. The lowest BCUT2D eigenvalue weighted by molar-refractivity contribution is 0.102.